The van der Waals surface area contributed by atoms with Crippen LogP contribution in [-0.2, 0) is 10.0 Å². The number of carbonyl (C=O) groups excluding carboxylic acids is 2. The summed E-state index contributed by atoms with van der Waals surface area (Å²) in [6, 6.07) is 25.7. The van der Waals surface area contributed by atoms with Gasteiger partial charge in [0.1, 0.15) is 10.6 Å². The first kappa shape index (κ1) is 28.3. The number of nitrogens with zero attached hydrogens (tertiary/aromatic N) is 1. The van der Waals surface area contributed by atoms with Crippen molar-refractivity contribution in [1.29, 1.82) is 0 Å². The van der Waals surface area contributed by atoms with Gasteiger partial charge in [0.15, 0.2) is 0 Å². The predicted octanol–water partition coefficient (Wildman–Crippen LogP) is 6.99. The Morgan fingerprint density at radius 1 is 0.854 bits per heavy atom. The average molecular weight is 625 g/mol. The van der Waals surface area contributed by atoms with Crippen molar-refractivity contribution in [2.75, 3.05) is 4.72 Å². The second kappa shape index (κ2) is 12.1. The molecule has 0 saturated heterocycles. The number of amides is 1. The van der Waals surface area contributed by atoms with Crippen molar-refractivity contribution in [1.82, 2.24) is 5.43 Å². The zero-order chi connectivity index (χ0) is 29.0. The zero-order valence-corrected chi connectivity index (χ0v) is 24.0. The van der Waals surface area contributed by atoms with Crippen molar-refractivity contribution in [3.8, 4) is 5.75 Å². The highest BCUT2D eigenvalue weighted by atomic mass is 35.5. The van der Waals surface area contributed by atoms with Crippen LogP contribution in [0.1, 0.15) is 25.6 Å². The van der Waals surface area contributed by atoms with E-state index >= 15 is 0 Å². The van der Waals surface area contributed by atoms with Gasteiger partial charge in [0.05, 0.1) is 16.1 Å². The number of fused-ring (bicyclic) bond motifs is 1. The third-order valence-corrected chi connectivity index (χ3v) is 9.02. The lowest BCUT2D eigenvalue weighted by molar-refractivity contribution is 0.0739. The molecule has 0 saturated carbocycles. The van der Waals surface area contributed by atoms with Gasteiger partial charge in [0.2, 0.25) is 0 Å². The summed E-state index contributed by atoms with van der Waals surface area (Å²) in [7, 11) is -3.81. The van der Waals surface area contributed by atoms with Crippen molar-refractivity contribution in [2.24, 2.45) is 5.10 Å². The molecule has 4 aromatic carbocycles. The lowest BCUT2D eigenvalue weighted by Gasteiger charge is -2.09. The smallest absolute Gasteiger partial charge is 0.355 e. The predicted molar refractivity (Wildman–Crippen MR) is 162 cm³/mol. The Morgan fingerprint density at radius 3 is 2.22 bits per heavy atom. The molecule has 1 heterocycles. The number of rotatable bonds is 8. The fourth-order valence-corrected chi connectivity index (χ4v) is 6.24. The molecule has 12 heteroatoms. The normalized spacial score (nSPS) is 11.5. The van der Waals surface area contributed by atoms with Crippen LogP contribution in [0.25, 0.3) is 10.1 Å². The molecule has 0 atom stereocenters. The Bertz CT molecular complexity index is 1870. The molecule has 0 aliphatic rings. The van der Waals surface area contributed by atoms with Crippen molar-refractivity contribution < 1.29 is 22.7 Å². The van der Waals surface area contributed by atoms with E-state index in [1.165, 1.54) is 66.1 Å². The molecule has 0 bridgehead atoms. The summed E-state index contributed by atoms with van der Waals surface area (Å²) >= 11 is 13.4. The molecular formula is C29H19Cl2N3O5S2. The van der Waals surface area contributed by atoms with E-state index in [4.69, 9.17) is 27.9 Å². The Morgan fingerprint density at radius 2 is 1.54 bits per heavy atom. The molecule has 5 aromatic rings. The zero-order valence-electron chi connectivity index (χ0n) is 20.9. The van der Waals surface area contributed by atoms with E-state index in [9.17, 15) is 18.0 Å². The number of nitrogens with one attached hydrogen (secondary N) is 2. The minimum Gasteiger partial charge on any atom is -0.422 e. The average Bonchev–Trinajstić information content (AvgIpc) is 3.31. The number of hydrazone groups is 1. The number of esters is 1. The lowest BCUT2D eigenvalue weighted by Crippen LogP contribution is -2.18. The van der Waals surface area contributed by atoms with Gasteiger partial charge < -0.3 is 4.74 Å². The van der Waals surface area contributed by atoms with Gasteiger partial charge in [0.25, 0.3) is 15.9 Å². The fourth-order valence-electron chi connectivity index (χ4n) is 3.67. The van der Waals surface area contributed by atoms with Gasteiger partial charge in [-0.2, -0.15) is 5.10 Å². The Labute approximate surface area is 249 Å². The van der Waals surface area contributed by atoms with Crippen LogP contribution in [0.2, 0.25) is 10.0 Å². The van der Waals surface area contributed by atoms with Crippen molar-refractivity contribution >= 4 is 78.4 Å². The Kier molecular flexibility index (Phi) is 8.36. The number of hydrogen-bond donors (Lipinski definition) is 2. The Hall–Kier alpha value is -4.22. The summed E-state index contributed by atoms with van der Waals surface area (Å²) in [5.74, 6) is -0.704. The minimum absolute atomic E-state index is 0.0600. The van der Waals surface area contributed by atoms with Crippen LogP contribution in [0.3, 0.4) is 0 Å². The van der Waals surface area contributed by atoms with E-state index < -0.39 is 21.9 Å². The van der Waals surface area contributed by atoms with Crippen LogP contribution in [0, 0.1) is 0 Å². The molecule has 41 heavy (non-hydrogen) atoms. The van der Waals surface area contributed by atoms with Crippen LogP contribution < -0.4 is 14.9 Å². The summed E-state index contributed by atoms with van der Waals surface area (Å²) in [6.07, 6.45) is 1.43. The van der Waals surface area contributed by atoms with Crippen molar-refractivity contribution in [3.63, 3.8) is 0 Å². The van der Waals surface area contributed by atoms with Crippen LogP contribution in [0.15, 0.2) is 107 Å². The number of carbonyl (C=O) groups is 2. The fraction of sp³-hybridized carbons (Fsp3) is 0. The second-order valence-corrected chi connectivity index (χ2v) is 12.1. The third kappa shape index (κ3) is 6.75. The van der Waals surface area contributed by atoms with Gasteiger partial charge in [-0.25, -0.2) is 18.6 Å². The van der Waals surface area contributed by atoms with E-state index in [2.05, 4.69) is 15.2 Å². The summed E-state index contributed by atoms with van der Waals surface area (Å²) < 4.78 is 33.8. The maximum Gasteiger partial charge on any atom is 0.355 e. The van der Waals surface area contributed by atoms with E-state index in [0.29, 0.717) is 26.2 Å². The van der Waals surface area contributed by atoms with Gasteiger partial charge in [0, 0.05) is 26.4 Å². The van der Waals surface area contributed by atoms with Crippen molar-refractivity contribution in [2.45, 2.75) is 4.90 Å². The summed E-state index contributed by atoms with van der Waals surface area (Å²) in [5.41, 5.74) is 3.63. The highest BCUT2D eigenvalue weighted by molar-refractivity contribution is 7.92. The molecule has 0 aliphatic heterocycles. The molecule has 0 unspecified atom stereocenters. The minimum atomic E-state index is -3.81. The quantitative estimate of drug-likeness (QED) is 0.0836. The van der Waals surface area contributed by atoms with Crippen LogP contribution in [-0.4, -0.2) is 26.5 Å². The summed E-state index contributed by atoms with van der Waals surface area (Å²) in [4.78, 5) is 25.5. The maximum absolute atomic E-state index is 12.6. The number of ether oxygens (including phenoxy) is 1. The van der Waals surface area contributed by atoms with E-state index in [0.717, 1.165) is 10.1 Å². The molecular weight excluding hydrogens is 605 g/mol. The van der Waals surface area contributed by atoms with E-state index in [1.54, 1.807) is 24.3 Å². The molecule has 206 valence electrons. The first-order valence-electron chi connectivity index (χ1n) is 11.9. The van der Waals surface area contributed by atoms with Crippen molar-refractivity contribution in [3.05, 3.63) is 123 Å². The number of anilines is 1. The largest absolute Gasteiger partial charge is 0.422 e. The molecule has 0 aliphatic carbocycles. The number of halogens is 2. The standard InChI is InChI=1S/C29H19Cl2N3O5S2/c30-20-9-15-23(16-10-20)41(37,38)34-21-11-7-19(8-12-21)28(35)33-32-17-18-5-13-22(14-6-18)39-29(36)27-26(31)24-3-1-2-4-25(24)40-27/h1-17,34H,(H,33,35)/b32-17+. The Balaban J connectivity index is 1.15. The molecule has 0 fully saturated rings. The topological polar surface area (TPSA) is 114 Å². The highest BCUT2D eigenvalue weighted by Gasteiger charge is 2.19. The first-order valence-corrected chi connectivity index (χ1v) is 15.0. The molecule has 5 rings (SSSR count). The van der Waals surface area contributed by atoms with Gasteiger partial charge in [-0.15, -0.1) is 11.3 Å². The van der Waals surface area contributed by atoms with Crippen LogP contribution in [0.5, 0.6) is 5.75 Å². The number of thiophene rings is 1. The number of sulfonamides is 1. The third-order valence-electron chi connectivity index (χ3n) is 5.71. The van der Waals surface area contributed by atoms with Crippen LogP contribution in [0.4, 0.5) is 5.69 Å². The first-order chi connectivity index (χ1) is 19.7. The van der Waals surface area contributed by atoms with Gasteiger partial charge in [-0.3, -0.25) is 9.52 Å². The number of benzene rings is 4. The van der Waals surface area contributed by atoms with E-state index in [-0.39, 0.29) is 16.1 Å². The molecule has 1 amide bonds. The molecule has 2 N–H and O–H groups in total. The van der Waals surface area contributed by atoms with E-state index in [1.807, 2.05) is 24.3 Å². The summed E-state index contributed by atoms with van der Waals surface area (Å²) in [5, 5.41) is 5.54. The maximum atomic E-state index is 12.6. The molecule has 0 spiro atoms. The SMILES string of the molecule is O=C(N/N=C/c1ccc(OC(=O)c2sc3ccccc3c2Cl)cc1)c1ccc(NS(=O)(=O)c2ccc(Cl)cc2)cc1. The van der Waals surface area contributed by atoms with Gasteiger partial charge in [-0.05, 0) is 84.4 Å². The monoisotopic (exact) mass is 623 g/mol. The molecule has 8 nitrogen and oxygen atoms in total. The van der Waals surface area contributed by atoms with Crippen LogP contribution >= 0.6 is 34.5 Å². The summed E-state index contributed by atoms with van der Waals surface area (Å²) in [6.45, 7) is 0. The van der Waals surface area contributed by atoms with Gasteiger partial charge >= 0.3 is 5.97 Å². The highest BCUT2D eigenvalue weighted by Crippen LogP contribution is 2.35. The van der Waals surface area contributed by atoms with Gasteiger partial charge in [-0.1, -0.05) is 41.4 Å². The second-order valence-electron chi connectivity index (χ2n) is 8.54. The number of hydrogen-bond acceptors (Lipinski definition) is 7. The lowest BCUT2D eigenvalue weighted by atomic mass is 10.2. The molecule has 0 radical (unpaired) electrons. The molecule has 1 aromatic heterocycles.